The fourth-order valence-corrected chi connectivity index (χ4v) is 4.13. The van der Waals surface area contributed by atoms with Crippen LogP contribution in [0.2, 0.25) is 0 Å². The zero-order valence-electron chi connectivity index (χ0n) is 13.3. The molecule has 1 aromatic rings. The fraction of sp³-hybridized carbons (Fsp3) is 0.667. The van der Waals surface area contributed by atoms with Crippen LogP contribution in [0.3, 0.4) is 0 Å². The number of methoxy groups -OCH3 is 1. The monoisotopic (exact) mass is 330 g/mol. The van der Waals surface area contributed by atoms with Gasteiger partial charge in [-0.1, -0.05) is 33.1 Å². The maximum atomic E-state index is 11.7. The van der Waals surface area contributed by atoms with Crippen molar-refractivity contribution < 1.29 is 9.53 Å². The minimum absolute atomic E-state index is 0.362. The van der Waals surface area contributed by atoms with Crippen molar-refractivity contribution in [2.24, 2.45) is 5.92 Å². The molecule has 1 unspecified atom stereocenters. The number of carbonyl (C=O) groups is 1. The molecule has 1 rings (SSSR count). The van der Waals surface area contributed by atoms with E-state index in [1.54, 1.807) is 11.8 Å². The maximum absolute atomic E-state index is 11.7. The van der Waals surface area contributed by atoms with E-state index in [1.807, 2.05) is 6.26 Å². The van der Waals surface area contributed by atoms with E-state index in [0.717, 1.165) is 22.9 Å². The molecule has 1 heterocycles. The lowest BCUT2D eigenvalue weighted by atomic mass is 9.99. The Bertz CT molecular complexity index is 461. The second-order valence-corrected chi connectivity index (χ2v) is 6.83. The van der Waals surface area contributed by atoms with E-state index in [4.69, 9.17) is 10.5 Å². The van der Waals surface area contributed by atoms with Crippen molar-refractivity contribution in [2.45, 2.75) is 44.4 Å². The highest BCUT2D eigenvalue weighted by Gasteiger charge is 2.21. The Morgan fingerprint density at radius 3 is 2.71 bits per heavy atom. The molecule has 4 nitrogen and oxygen atoms in total. The second-order valence-electron chi connectivity index (χ2n) is 5.00. The summed E-state index contributed by atoms with van der Waals surface area (Å²) in [7, 11) is 1.38. The standard InChI is InChI=1S/C15H26N2O2S2/c1-5-7-8-10(6-2)9-17-14-12(20-4)11(16)13(21-14)15(18)19-3/h10,17H,5-9,16H2,1-4H3. The molecular weight excluding hydrogens is 304 g/mol. The number of nitrogen functional groups attached to an aromatic ring is 1. The number of ether oxygens (including phenoxy) is 1. The molecule has 0 spiro atoms. The first-order valence-electron chi connectivity index (χ1n) is 7.37. The Balaban J connectivity index is 2.80. The summed E-state index contributed by atoms with van der Waals surface area (Å²) in [5.74, 6) is 0.295. The first-order valence-corrected chi connectivity index (χ1v) is 9.41. The molecule has 0 fully saturated rings. The number of carbonyl (C=O) groups excluding carboxylic acids is 1. The van der Waals surface area contributed by atoms with Crippen molar-refractivity contribution in [1.82, 2.24) is 0 Å². The Morgan fingerprint density at radius 1 is 1.48 bits per heavy atom. The number of thioether (sulfide) groups is 1. The topological polar surface area (TPSA) is 64.3 Å². The van der Waals surface area contributed by atoms with E-state index in [0.29, 0.717) is 16.5 Å². The lowest BCUT2D eigenvalue weighted by Gasteiger charge is -2.15. The van der Waals surface area contributed by atoms with E-state index in [-0.39, 0.29) is 5.97 Å². The van der Waals surface area contributed by atoms with Crippen LogP contribution < -0.4 is 11.1 Å². The van der Waals surface area contributed by atoms with Crippen LogP contribution in [0.15, 0.2) is 4.90 Å². The highest BCUT2D eigenvalue weighted by Crippen LogP contribution is 2.42. The zero-order chi connectivity index (χ0) is 15.8. The molecule has 0 aromatic carbocycles. The molecule has 0 aliphatic heterocycles. The normalized spacial score (nSPS) is 12.2. The Morgan fingerprint density at radius 2 is 2.19 bits per heavy atom. The molecule has 0 amide bonds. The first-order chi connectivity index (χ1) is 10.1. The van der Waals surface area contributed by atoms with Gasteiger partial charge >= 0.3 is 5.97 Å². The second kappa shape index (κ2) is 9.20. The van der Waals surface area contributed by atoms with Gasteiger partial charge in [0.05, 0.1) is 17.7 Å². The van der Waals surface area contributed by atoms with Crippen LogP contribution in [0, 0.1) is 5.92 Å². The van der Waals surface area contributed by atoms with Crippen LogP contribution in [0.25, 0.3) is 0 Å². The molecule has 21 heavy (non-hydrogen) atoms. The number of hydrogen-bond acceptors (Lipinski definition) is 6. The summed E-state index contributed by atoms with van der Waals surface area (Å²) in [6.07, 6.45) is 6.85. The number of anilines is 2. The lowest BCUT2D eigenvalue weighted by Crippen LogP contribution is -2.13. The third kappa shape index (κ3) is 4.81. The van der Waals surface area contributed by atoms with Crippen LogP contribution in [-0.4, -0.2) is 25.9 Å². The van der Waals surface area contributed by atoms with Crippen LogP contribution in [0.5, 0.6) is 0 Å². The van der Waals surface area contributed by atoms with Gasteiger partial charge in [-0.15, -0.1) is 23.1 Å². The number of nitrogens with two attached hydrogens (primary N) is 1. The van der Waals surface area contributed by atoms with E-state index < -0.39 is 0 Å². The van der Waals surface area contributed by atoms with Crippen molar-refractivity contribution in [2.75, 3.05) is 31.0 Å². The molecular formula is C15H26N2O2S2. The van der Waals surface area contributed by atoms with Gasteiger partial charge in [-0.25, -0.2) is 4.79 Å². The van der Waals surface area contributed by atoms with Crippen molar-refractivity contribution >= 4 is 39.8 Å². The van der Waals surface area contributed by atoms with Gasteiger partial charge in [0.15, 0.2) is 0 Å². The average molecular weight is 331 g/mol. The number of hydrogen-bond donors (Lipinski definition) is 2. The highest BCUT2D eigenvalue weighted by atomic mass is 32.2. The van der Waals surface area contributed by atoms with E-state index >= 15 is 0 Å². The molecule has 6 heteroatoms. The number of esters is 1. The minimum Gasteiger partial charge on any atom is -0.465 e. The summed E-state index contributed by atoms with van der Waals surface area (Å²) >= 11 is 2.95. The third-order valence-electron chi connectivity index (χ3n) is 3.57. The molecule has 1 aromatic heterocycles. The SMILES string of the molecule is CCCCC(CC)CNc1sc(C(=O)OC)c(N)c1SC. The van der Waals surface area contributed by atoms with Crippen LogP contribution in [-0.2, 0) is 4.74 Å². The van der Waals surface area contributed by atoms with Crippen molar-refractivity contribution in [3.63, 3.8) is 0 Å². The van der Waals surface area contributed by atoms with Gasteiger partial charge in [-0.3, -0.25) is 0 Å². The van der Waals surface area contributed by atoms with Crippen LogP contribution in [0.1, 0.15) is 49.2 Å². The maximum Gasteiger partial charge on any atom is 0.350 e. The van der Waals surface area contributed by atoms with Crippen molar-refractivity contribution in [1.29, 1.82) is 0 Å². The highest BCUT2D eigenvalue weighted by molar-refractivity contribution is 7.99. The molecule has 3 N–H and O–H groups in total. The largest absolute Gasteiger partial charge is 0.465 e. The van der Waals surface area contributed by atoms with Gasteiger partial charge < -0.3 is 15.8 Å². The molecule has 120 valence electrons. The van der Waals surface area contributed by atoms with Crippen molar-refractivity contribution in [3.05, 3.63) is 4.88 Å². The molecule has 0 aliphatic rings. The summed E-state index contributed by atoms with van der Waals surface area (Å²) in [4.78, 5) is 13.2. The summed E-state index contributed by atoms with van der Waals surface area (Å²) in [6, 6.07) is 0. The minimum atomic E-state index is -0.362. The summed E-state index contributed by atoms with van der Waals surface area (Å²) in [5, 5.41) is 4.46. The number of nitrogens with one attached hydrogen (secondary N) is 1. The smallest absolute Gasteiger partial charge is 0.350 e. The first kappa shape index (κ1) is 18.2. The summed E-state index contributed by atoms with van der Waals surface area (Å²) < 4.78 is 4.78. The quantitative estimate of drug-likeness (QED) is 0.517. The number of rotatable bonds is 9. The Kier molecular flexibility index (Phi) is 7.96. The number of unbranched alkanes of at least 4 members (excludes halogenated alkanes) is 1. The molecule has 0 aliphatic carbocycles. The Hall–Kier alpha value is -0.880. The predicted octanol–water partition coefficient (Wildman–Crippen LogP) is 4.47. The number of thiophene rings is 1. The van der Waals surface area contributed by atoms with Gasteiger partial charge in [0.1, 0.15) is 9.88 Å². The van der Waals surface area contributed by atoms with Gasteiger partial charge in [-0.2, -0.15) is 0 Å². The Labute approximate surface area is 135 Å². The molecule has 0 saturated heterocycles. The molecule has 0 bridgehead atoms. The molecule has 0 saturated carbocycles. The molecule has 0 radical (unpaired) electrons. The third-order valence-corrected chi connectivity index (χ3v) is 5.67. The lowest BCUT2D eigenvalue weighted by molar-refractivity contribution is 0.0607. The van der Waals surface area contributed by atoms with E-state index in [9.17, 15) is 4.79 Å². The summed E-state index contributed by atoms with van der Waals surface area (Å²) in [6.45, 7) is 5.36. The van der Waals surface area contributed by atoms with Gasteiger partial charge in [0.25, 0.3) is 0 Å². The zero-order valence-corrected chi connectivity index (χ0v) is 15.0. The van der Waals surface area contributed by atoms with Gasteiger partial charge in [0, 0.05) is 6.54 Å². The average Bonchev–Trinajstić information content (AvgIpc) is 2.82. The van der Waals surface area contributed by atoms with E-state index in [1.165, 1.54) is 37.7 Å². The van der Waals surface area contributed by atoms with E-state index in [2.05, 4.69) is 19.2 Å². The van der Waals surface area contributed by atoms with Crippen molar-refractivity contribution in [3.8, 4) is 0 Å². The van der Waals surface area contributed by atoms with Crippen LogP contribution >= 0.6 is 23.1 Å². The predicted molar refractivity (Wildman–Crippen MR) is 93.6 cm³/mol. The molecule has 1 atom stereocenters. The van der Waals surface area contributed by atoms with Gasteiger partial charge in [0.2, 0.25) is 0 Å². The summed E-state index contributed by atoms with van der Waals surface area (Å²) in [5.41, 5.74) is 6.59. The fourth-order valence-electron chi connectivity index (χ4n) is 2.17. The van der Waals surface area contributed by atoms with Crippen LogP contribution in [0.4, 0.5) is 10.7 Å². The van der Waals surface area contributed by atoms with Gasteiger partial charge in [-0.05, 0) is 18.6 Å².